The smallest absolute Gasteiger partial charge is 0.238 e. The molecule has 43 heavy (non-hydrogen) atoms. The number of rotatable bonds is 7. The summed E-state index contributed by atoms with van der Waals surface area (Å²) in [5, 5.41) is 2.33. The highest BCUT2D eigenvalue weighted by Gasteiger charge is 2.18. The first-order valence-corrected chi connectivity index (χ1v) is 14.6. The van der Waals surface area contributed by atoms with Crippen LogP contribution in [0.15, 0.2) is 146 Å². The molecule has 0 unspecified atom stereocenters. The van der Waals surface area contributed by atoms with Gasteiger partial charge in [0.15, 0.2) is 11.6 Å². The fourth-order valence-corrected chi connectivity index (χ4v) is 4.87. The first-order valence-electron chi connectivity index (χ1n) is 14.6. The van der Waals surface area contributed by atoms with Crippen LogP contribution in [0.1, 0.15) is 32.8 Å². The van der Waals surface area contributed by atoms with Gasteiger partial charge in [0.05, 0.1) is 11.0 Å². The lowest BCUT2D eigenvalue weighted by Gasteiger charge is -2.11. The molecular weight excluding hydrogens is 524 g/mol. The van der Waals surface area contributed by atoms with Crippen molar-refractivity contribution in [1.29, 1.82) is 0 Å². The Hall–Kier alpha value is -5.35. The van der Waals surface area contributed by atoms with E-state index in [1.54, 1.807) is 6.08 Å². The van der Waals surface area contributed by atoms with E-state index < -0.39 is 0 Å². The van der Waals surface area contributed by atoms with Gasteiger partial charge in [-0.3, -0.25) is 4.57 Å². The summed E-state index contributed by atoms with van der Waals surface area (Å²) in [7, 11) is 0. The molecule has 0 fully saturated rings. The van der Waals surface area contributed by atoms with E-state index in [1.807, 2.05) is 92.7 Å². The van der Waals surface area contributed by atoms with Gasteiger partial charge >= 0.3 is 0 Å². The summed E-state index contributed by atoms with van der Waals surface area (Å²) in [5.41, 5.74) is 6.46. The number of hydrogen-bond donors (Lipinski definition) is 0. The fourth-order valence-electron chi connectivity index (χ4n) is 4.87. The van der Waals surface area contributed by atoms with Crippen LogP contribution in [0.4, 0.5) is 0 Å². The minimum absolute atomic E-state index is 0.600. The zero-order chi connectivity index (χ0) is 30.0. The first-order chi connectivity index (χ1) is 21.1. The standard InChI is InChI=1S/C35H28N4.C4H8/c1-3-4-5-8-15-25(2)28-22-23-32-30(24-28)29-20-13-14-21-31(29)39(32)35-37-33(26-16-9-6-10-17-26)36-34(38-35)27-18-11-7-12-19-27;1-3-4-2/h3-7,9-24H,1,8H2,2H3;3-4H,1-2H3/b5-4+,25-15+;4-3-. The second kappa shape index (κ2) is 14.0. The van der Waals surface area contributed by atoms with Gasteiger partial charge in [-0.2, -0.15) is 9.97 Å². The molecule has 0 aliphatic heterocycles. The van der Waals surface area contributed by atoms with Gasteiger partial charge in [0.1, 0.15) is 0 Å². The predicted octanol–water partition coefficient (Wildman–Crippen LogP) is 10.4. The average molecular weight is 561 g/mol. The van der Waals surface area contributed by atoms with Gasteiger partial charge < -0.3 is 0 Å². The summed E-state index contributed by atoms with van der Waals surface area (Å²) < 4.78 is 2.15. The molecular formula is C39H36N4. The Morgan fingerprint density at radius 3 is 1.88 bits per heavy atom. The summed E-state index contributed by atoms with van der Waals surface area (Å²) in [5.74, 6) is 1.89. The molecule has 4 aromatic carbocycles. The largest absolute Gasteiger partial charge is 0.278 e. The number of para-hydroxylation sites is 1. The molecule has 4 nitrogen and oxygen atoms in total. The van der Waals surface area contributed by atoms with Gasteiger partial charge in [0.25, 0.3) is 0 Å². The van der Waals surface area contributed by atoms with E-state index in [0.717, 1.165) is 34.0 Å². The molecule has 0 aliphatic carbocycles. The van der Waals surface area contributed by atoms with E-state index in [2.05, 4.69) is 72.7 Å². The van der Waals surface area contributed by atoms with Gasteiger partial charge in [-0.05, 0) is 56.5 Å². The van der Waals surface area contributed by atoms with Crippen molar-refractivity contribution in [2.24, 2.45) is 0 Å². The maximum atomic E-state index is 5.00. The molecule has 6 aromatic rings. The van der Waals surface area contributed by atoms with E-state index >= 15 is 0 Å². The fraction of sp³-hybridized carbons (Fsp3) is 0.103. The number of nitrogens with zero attached hydrogens (tertiary/aromatic N) is 4. The molecule has 0 radical (unpaired) electrons. The highest BCUT2D eigenvalue weighted by molar-refractivity contribution is 6.09. The summed E-state index contributed by atoms with van der Waals surface area (Å²) in [4.78, 5) is 14.9. The lowest BCUT2D eigenvalue weighted by molar-refractivity contribution is 0.953. The molecule has 4 heteroatoms. The van der Waals surface area contributed by atoms with E-state index in [0.29, 0.717) is 17.6 Å². The van der Waals surface area contributed by atoms with Crippen molar-refractivity contribution in [1.82, 2.24) is 19.5 Å². The van der Waals surface area contributed by atoms with Gasteiger partial charge in [0, 0.05) is 21.9 Å². The number of fused-ring (bicyclic) bond motifs is 3. The Morgan fingerprint density at radius 1 is 0.698 bits per heavy atom. The van der Waals surface area contributed by atoms with Crippen LogP contribution in [0.5, 0.6) is 0 Å². The topological polar surface area (TPSA) is 43.6 Å². The van der Waals surface area contributed by atoms with Crippen molar-refractivity contribution >= 4 is 27.4 Å². The molecule has 0 saturated heterocycles. The van der Waals surface area contributed by atoms with Gasteiger partial charge in [-0.1, -0.05) is 128 Å². The van der Waals surface area contributed by atoms with Crippen molar-refractivity contribution in [3.8, 4) is 28.7 Å². The third kappa shape index (κ3) is 6.60. The summed E-state index contributed by atoms with van der Waals surface area (Å²) >= 11 is 0. The van der Waals surface area contributed by atoms with Crippen molar-refractivity contribution < 1.29 is 0 Å². The molecule has 0 aliphatic rings. The zero-order valence-corrected chi connectivity index (χ0v) is 25.0. The maximum Gasteiger partial charge on any atom is 0.238 e. The Morgan fingerprint density at radius 2 is 1.28 bits per heavy atom. The third-order valence-corrected chi connectivity index (χ3v) is 7.18. The molecule has 0 spiro atoms. The van der Waals surface area contributed by atoms with E-state index in [-0.39, 0.29) is 0 Å². The van der Waals surface area contributed by atoms with Crippen LogP contribution in [-0.2, 0) is 0 Å². The van der Waals surface area contributed by atoms with Gasteiger partial charge in [-0.25, -0.2) is 4.98 Å². The van der Waals surface area contributed by atoms with Crippen LogP contribution in [0, 0.1) is 0 Å². The highest BCUT2D eigenvalue weighted by atomic mass is 15.2. The minimum atomic E-state index is 0.600. The molecule has 2 heterocycles. The second-order valence-corrected chi connectivity index (χ2v) is 10.1. The van der Waals surface area contributed by atoms with Gasteiger partial charge in [-0.15, -0.1) is 0 Å². The van der Waals surface area contributed by atoms with Crippen molar-refractivity contribution in [2.75, 3.05) is 0 Å². The molecule has 212 valence electrons. The first kappa shape index (κ1) is 29.2. The second-order valence-electron chi connectivity index (χ2n) is 10.1. The molecule has 0 atom stereocenters. The van der Waals surface area contributed by atoms with Crippen molar-refractivity contribution in [2.45, 2.75) is 27.2 Å². The number of aromatic nitrogens is 4. The lowest BCUT2D eigenvalue weighted by atomic mass is 10.0. The molecule has 6 rings (SSSR count). The van der Waals surface area contributed by atoms with E-state index in [1.165, 1.54) is 16.5 Å². The highest BCUT2D eigenvalue weighted by Crippen LogP contribution is 2.34. The summed E-state index contributed by atoms with van der Waals surface area (Å²) in [6.07, 6.45) is 13.0. The summed E-state index contributed by atoms with van der Waals surface area (Å²) in [6.45, 7) is 9.91. The quantitative estimate of drug-likeness (QED) is 0.144. The van der Waals surface area contributed by atoms with Crippen LogP contribution in [-0.4, -0.2) is 19.5 Å². The van der Waals surface area contributed by atoms with Crippen molar-refractivity contribution in [3.63, 3.8) is 0 Å². The predicted molar refractivity (Wildman–Crippen MR) is 183 cm³/mol. The molecule has 0 bridgehead atoms. The third-order valence-electron chi connectivity index (χ3n) is 7.18. The summed E-state index contributed by atoms with van der Waals surface area (Å²) in [6, 6.07) is 35.2. The number of hydrogen-bond acceptors (Lipinski definition) is 3. The lowest BCUT2D eigenvalue weighted by Crippen LogP contribution is -2.06. The average Bonchev–Trinajstić information content (AvgIpc) is 3.41. The number of allylic oxidation sites excluding steroid dienone is 7. The maximum absolute atomic E-state index is 5.00. The van der Waals surface area contributed by atoms with Crippen molar-refractivity contribution in [3.05, 3.63) is 152 Å². The monoisotopic (exact) mass is 560 g/mol. The minimum Gasteiger partial charge on any atom is -0.278 e. The van der Waals surface area contributed by atoms with Crippen LogP contribution in [0.2, 0.25) is 0 Å². The Balaban J connectivity index is 0.000000868. The molecule has 0 N–H and O–H groups in total. The zero-order valence-electron chi connectivity index (χ0n) is 25.0. The van der Waals surface area contributed by atoms with Crippen LogP contribution in [0.25, 0.3) is 56.1 Å². The van der Waals surface area contributed by atoms with Crippen LogP contribution >= 0.6 is 0 Å². The van der Waals surface area contributed by atoms with Gasteiger partial charge in [0.2, 0.25) is 5.95 Å². The normalized spacial score (nSPS) is 11.7. The van der Waals surface area contributed by atoms with E-state index in [9.17, 15) is 0 Å². The van der Waals surface area contributed by atoms with Crippen LogP contribution in [0.3, 0.4) is 0 Å². The number of benzene rings is 4. The Bertz CT molecular complexity index is 1870. The van der Waals surface area contributed by atoms with E-state index in [4.69, 9.17) is 15.0 Å². The molecule has 0 amide bonds. The molecule has 2 aromatic heterocycles. The Kier molecular flexibility index (Phi) is 9.50. The SMILES string of the molecule is C/C=C\C.C=C/C=C/C/C=C(\C)c1ccc2c(c1)c1ccccc1n2-c1nc(-c2ccccc2)nc(-c2ccccc2)n1. The Labute approximate surface area is 254 Å². The molecule has 0 saturated carbocycles. The van der Waals surface area contributed by atoms with Crippen LogP contribution < -0.4 is 0 Å².